The molecule has 88 valence electrons. The van der Waals surface area contributed by atoms with Crippen LogP contribution in [0.15, 0.2) is 10.5 Å². The molecule has 4 nitrogen and oxygen atoms in total. The summed E-state index contributed by atoms with van der Waals surface area (Å²) in [6, 6.07) is 0.643. The Morgan fingerprint density at radius 3 is 2.62 bits per heavy atom. The second-order valence-corrected chi connectivity index (χ2v) is 3.66. The van der Waals surface area contributed by atoms with Crippen LogP contribution in [-0.2, 0) is 4.84 Å². The van der Waals surface area contributed by atoms with Crippen LogP contribution in [0.25, 0.3) is 0 Å². The van der Waals surface area contributed by atoms with Crippen molar-refractivity contribution in [3.05, 3.63) is 27.7 Å². The normalized spacial score (nSPS) is 10.3. The summed E-state index contributed by atoms with van der Waals surface area (Å²) < 4.78 is 26.5. The number of carbonyl (C=O) groups excluding carboxylic acids is 1. The van der Waals surface area contributed by atoms with Crippen molar-refractivity contribution in [1.29, 1.82) is 0 Å². The maximum absolute atomic E-state index is 13.5. The molecule has 0 saturated heterocycles. The molecule has 0 aromatic heterocycles. The maximum atomic E-state index is 13.5. The van der Waals surface area contributed by atoms with Crippen LogP contribution >= 0.6 is 15.9 Å². The van der Waals surface area contributed by atoms with Gasteiger partial charge in [-0.1, -0.05) is 0 Å². The Bertz CT molecular complexity index is 439. The fourth-order valence-electron chi connectivity index (χ4n) is 1.02. The van der Waals surface area contributed by atoms with E-state index in [0.29, 0.717) is 11.1 Å². The summed E-state index contributed by atoms with van der Waals surface area (Å²) in [5.74, 6) is -3.94. The minimum absolute atomic E-state index is 0.373. The molecule has 0 radical (unpaired) electrons. The Balaban J connectivity index is 3.34. The highest BCUT2D eigenvalue weighted by atomic mass is 79.9. The Morgan fingerprint density at radius 1 is 1.56 bits per heavy atom. The molecule has 0 aliphatic rings. The van der Waals surface area contributed by atoms with Gasteiger partial charge in [0.2, 0.25) is 0 Å². The number of hydrogen-bond acceptors (Lipinski definition) is 3. The largest absolute Gasteiger partial charge is 0.507 e. The van der Waals surface area contributed by atoms with Crippen LogP contribution in [0, 0.1) is 11.6 Å². The lowest BCUT2D eigenvalue weighted by atomic mass is 10.1. The average molecular weight is 296 g/mol. The Kier molecular flexibility index (Phi) is 3.82. The number of rotatable bonds is 2. The van der Waals surface area contributed by atoms with E-state index >= 15 is 0 Å². The van der Waals surface area contributed by atoms with E-state index in [1.54, 1.807) is 0 Å². The molecule has 0 aliphatic carbocycles. The molecule has 1 aromatic carbocycles. The van der Waals surface area contributed by atoms with Crippen molar-refractivity contribution in [2.75, 3.05) is 14.2 Å². The van der Waals surface area contributed by atoms with Gasteiger partial charge in [-0.15, -0.1) is 0 Å². The highest BCUT2D eigenvalue weighted by molar-refractivity contribution is 9.10. The summed E-state index contributed by atoms with van der Waals surface area (Å²) >= 11 is 2.70. The smallest absolute Gasteiger partial charge is 0.283 e. The van der Waals surface area contributed by atoms with E-state index in [9.17, 15) is 13.6 Å². The number of hydrogen-bond donors (Lipinski definition) is 1. The first-order chi connectivity index (χ1) is 7.40. The molecule has 1 rings (SSSR count). The summed E-state index contributed by atoms with van der Waals surface area (Å²) in [7, 11) is 2.39. The Morgan fingerprint density at radius 2 is 2.12 bits per heavy atom. The number of aromatic hydroxyl groups is 1. The number of halogens is 3. The van der Waals surface area contributed by atoms with Gasteiger partial charge in [-0.05, 0) is 15.9 Å². The first-order valence-electron chi connectivity index (χ1n) is 4.08. The zero-order valence-corrected chi connectivity index (χ0v) is 10.0. The molecule has 7 heteroatoms. The third-order valence-electron chi connectivity index (χ3n) is 1.91. The quantitative estimate of drug-likeness (QED) is 0.671. The number of hydroxylamine groups is 2. The molecule has 0 atom stereocenters. The van der Waals surface area contributed by atoms with E-state index in [1.807, 2.05) is 0 Å². The van der Waals surface area contributed by atoms with Gasteiger partial charge >= 0.3 is 0 Å². The van der Waals surface area contributed by atoms with Gasteiger partial charge in [-0.3, -0.25) is 9.63 Å². The molecule has 1 amide bonds. The van der Waals surface area contributed by atoms with Crippen LogP contribution < -0.4 is 0 Å². The van der Waals surface area contributed by atoms with Gasteiger partial charge in [-0.25, -0.2) is 13.8 Å². The van der Waals surface area contributed by atoms with Crippen LogP contribution in [0.1, 0.15) is 10.4 Å². The zero-order valence-electron chi connectivity index (χ0n) is 8.42. The SMILES string of the molecule is CON(C)C(=O)c1c(F)cc(O)c(Br)c1F. The van der Waals surface area contributed by atoms with Crippen molar-refractivity contribution in [2.24, 2.45) is 0 Å². The second-order valence-electron chi connectivity index (χ2n) is 2.87. The third kappa shape index (κ3) is 2.14. The van der Waals surface area contributed by atoms with Crippen molar-refractivity contribution in [3.8, 4) is 5.75 Å². The summed E-state index contributed by atoms with van der Waals surface area (Å²) in [5, 5.41) is 9.77. The van der Waals surface area contributed by atoms with Crippen molar-refractivity contribution in [2.45, 2.75) is 0 Å². The van der Waals surface area contributed by atoms with Gasteiger partial charge in [0.1, 0.15) is 17.1 Å². The lowest BCUT2D eigenvalue weighted by molar-refractivity contribution is -0.0762. The lowest BCUT2D eigenvalue weighted by Crippen LogP contribution is -2.27. The van der Waals surface area contributed by atoms with Gasteiger partial charge in [0, 0.05) is 13.1 Å². The van der Waals surface area contributed by atoms with E-state index < -0.39 is 28.9 Å². The summed E-state index contributed by atoms with van der Waals surface area (Å²) in [5.41, 5.74) is -0.797. The summed E-state index contributed by atoms with van der Waals surface area (Å²) in [6.45, 7) is 0. The fourth-order valence-corrected chi connectivity index (χ4v) is 1.33. The van der Waals surface area contributed by atoms with E-state index in [-0.39, 0.29) is 4.47 Å². The highest BCUT2D eigenvalue weighted by Crippen LogP contribution is 2.31. The number of amides is 1. The maximum Gasteiger partial charge on any atom is 0.283 e. The second kappa shape index (κ2) is 4.75. The van der Waals surface area contributed by atoms with Crippen LogP contribution in [-0.4, -0.2) is 30.2 Å². The molecule has 0 unspecified atom stereocenters. The van der Waals surface area contributed by atoms with Crippen molar-refractivity contribution in [1.82, 2.24) is 5.06 Å². The van der Waals surface area contributed by atoms with E-state index in [1.165, 1.54) is 14.2 Å². The van der Waals surface area contributed by atoms with Crippen molar-refractivity contribution in [3.63, 3.8) is 0 Å². The van der Waals surface area contributed by atoms with E-state index in [0.717, 1.165) is 0 Å². The van der Waals surface area contributed by atoms with Gasteiger partial charge in [0.15, 0.2) is 5.82 Å². The summed E-state index contributed by atoms with van der Waals surface area (Å²) in [4.78, 5) is 16.0. The number of phenolic OH excluding ortho intramolecular Hbond substituents is 1. The minimum Gasteiger partial charge on any atom is -0.507 e. The highest BCUT2D eigenvalue weighted by Gasteiger charge is 2.25. The van der Waals surface area contributed by atoms with Crippen LogP contribution in [0.4, 0.5) is 8.78 Å². The summed E-state index contributed by atoms with van der Waals surface area (Å²) in [6.07, 6.45) is 0. The van der Waals surface area contributed by atoms with Gasteiger partial charge in [-0.2, -0.15) is 0 Å². The van der Waals surface area contributed by atoms with Crippen LogP contribution in [0.2, 0.25) is 0 Å². The average Bonchev–Trinajstić information content (AvgIpc) is 2.24. The standard InChI is InChI=1S/C9H8BrF2NO3/c1-13(16-2)9(15)6-4(11)3-5(14)7(10)8(6)12/h3,14H,1-2H3. The van der Waals surface area contributed by atoms with E-state index in [4.69, 9.17) is 5.11 Å². The van der Waals surface area contributed by atoms with Gasteiger partial charge < -0.3 is 5.11 Å². The predicted octanol–water partition coefficient (Wildman–Crippen LogP) is 2.07. The lowest BCUT2D eigenvalue weighted by Gasteiger charge is -2.15. The fraction of sp³-hybridized carbons (Fsp3) is 0.222. The first-order valence-corrected chi connectivity index (χ1v) is 4.88. The van der Waals surface area contributed by atoms with Gasteiger partial charge in [0.05, 0.1) is 11.6 Å². The molecule has 0 fully saturated rings. The molecule has 16 heavy (non-hydrogen) atoms. The Labute approximate surface area is 98.5 Å². The number of carbonyl (C=O) groups is 1. The molecule has 1 N–H and O–H groups in total. The first kappa shape index (κ1) is 12.9. The van der Waals surface area contributed by atoms with Crippen LogP contribution in [0.5, 0.6) is 5.75 Å². The Hall–Kier alpha value is -1.21. The number of nitrogens with zero attached hydrogens (tertiary/aromatic N) is 1. The topological polar surface area (TPSA) is 49.8 Å². The molecule has 0 saturated carbocycles. The van der Waals surface area contributed by atoms with Crippen LogP contribution in [0.3, 0.4) is 0 Å². The molecule has 0 bridgehead atoms. The number of benzene rings is 1. The molecule has 0 spiro atoms. The molecule has 1 aromatic rings. The molecule has 0 heterocycles. The predicted molar refractivity (Wildman–Crippen MR) is 54.8 cm³/mol. The van der Waals surface area contributed by atoms with Gasteiger partial charge in [0.25, 0.3) is 5.91 Å². The van der Waals surface area contributed by atoms with Crippen molar-refractivity contribution >= 4 is 21.8 Å². The third-order valence-corrected chi connectivity index (χ3v) is 2.67. The molecular formula is C9H8BrF2NO3. The van der Waals surface area contributed by atoms with Crippen molar-refractivity contribution < 1.29 is 23.5 Å². The molecule has 0 aliphatic heterocycles. The molecular weight excluding hydrogens is 288 g/mol. The number of phenols is 1. The monoisotopic (exact) mass is 295 g/mol. The minimum atomic E-state index is -1.17. The zero-order chi connectivity index (χ0) is 12.5. The van der Waals surface area contributed by atoms with E-state index in [2.05, 4.69) is 20.8 Å².